The van der Waals surface area contributed by atoms with Gasteiger partial charge in [0, 0.05) is 25.2 Å². The van der Waals surface area contributed by atoms with E-state index < -0.39 is 0 Å². The zero-order valence-electron chi connectivity index (χ0n) is 15.6. The number of amides is 1. The number of fused-ring (bicyclic) bond motifs is 1. The van der Waals surface area contributed by atoms with Crippen LogP contribution in [-0.4, -0.2) is 38.5 Å². The van der Waals surface area contributed by atoms with E-state index in [9.17, 15) is 4.79 Å². The van der Waals surface area contributed by atoms with E-state index in [1.54, 1.807) is 0 Å². The van der Waals surface area contributed by atoms with E-state index in [1.165, 1.54) is 11.1 Å². The topological polar surface area (TPSA) is 50.5 Å². The molecule has 27 heavy (non-hydrogen) atoms. The molecule has 5 heteroatoms. The molecule has 1 saturated carbocycles. The van der Waals surface area contributed by atoms with E-state index in [4.69, 9.17) is 0 Å². The smallest absolute Gasteiger partial charge is 0.233 e. The lowest BCUT2D eigenvalue weighted by molar-refractivity contribution is -0.135. The number of benzene rings is 1. The highest BCUT2D eigenvalue weighted by atomic mass is 16.2. The Balaban J connectivity index is 1.40. The lowest BCUT2D eigenvalue weighted by Crippen LogP contribution is -2.44. The second kappa shape index (κ2) is 6.19. The van der Waals surface area contributed by atoms with E-state index in [0.717, 1.165) is 50.2 Å². The first-order valence-electron chi connectivity index (χ1n) is 9.84. The quantitative estimate of drug-likeness (QED) is 0.719. The Labute approximate surface area is 159 Å². The fourth-order valence-electron chi connectivity index (χ4n) is 4.51. The summed E-state index contributed by atoms with van der Waals surface area (Å²) in [5, 5.41) is 8.73. The molecule has 2 fully saturated rings. The Morgan fingerprint density at radius 2 is 2.04 bits per heavy atom. The Kier molecular flexibility index (Phi) is 3.78. The van der Waals surface area contributed by atoms with Crippen molar-refractivity contribution in [3.8, 4) is 0 Å². The minimum atomic E-state index is -0.291. The van der Waals surface area contributed by atoms with Crippen molar-refractivity contribution in [3.63, 3.8) is 0 Å². The molecule has 1 aliphatic heterocycles. The third-order valence-corrected chi connectivity index (χ3v) is 6.14. The number of aromatic nitrogens is 3. The standard InChI is InChI=1S/C22H24N4O/c1-16-6-4-8-18(14-16)22(10-11-22)21(27)25-12-5-7-17(15-25)20-24-23-19-9-2-3-13-26(19)20/h2-4,6,8-9,13-14,17H,5,7,10-12,15H2,1H3. The molecule has 0 spiro atoms. The molecule has 1 unspecified atom stereocenters. The predicted molar refractivity (Wildman–Crippen MR) is 104 cm³/mol. The van der Waals surface area contributed by atoms with Crippen LogP contribution in [0.3, 0.4) is 0 Å². The number of carbonyl (C=O) groups excluding carboxylic acids is 1. The van der Waals surface area contributed by atoms with Gasteiger partial charge in [0.25, 0.3) is 0 Å². The Hall–Kier alpha value is -2.69. The van der Waals surface area contributed by atoms with E-state index in [1.807, 2.05) is 24.4 Å². The number of aryl methyl sites for hydroxylation is 1. The minimum absolute atomic E-state index is 0.244. The summed E-state index contributed by atoms with van der Waals surface area (Å²) in [6, 6.07) is 14.4. The number of hydrogen-bond donors (Lipinski definition) is 0. The van der Waals surface area contributed by atoms with Gasteiger partial charge in [0.15, 0.2) is 5.65 Å². The lowest BCUT2D eigenvalue weighted by atomic mass is 9.90. The molecule has 1 aromatic carbocycles. The monoisotopic (exact) mass is 360 g/mol. The van der Waals surface area contributed by atoms with Gasteiger partial charge in [-0.2, -0.15) is 0 Å². The molecule has 1 atom stereocenters. The highest BCUT2D eigenvalue weighted by Gasteiger charge is 2.53. The maximum atomic E-state index is 13.5. The first-order chi connectivity index (χ1) is 13.2. The molecule has 0 radical (unpaired) electrons. The van der Waals surface area contributed by atoms with Gasteiger partial charge in [-0.25, -0.2) is 0 Å². The maximum Gasteiger partial charge on any atom is 0.233 e. The average Bonchev–Trinajstić information content (AvgIpc) is 3.41. The number of likely N-dealkylation sites (tertiary alicyclic amines) is 1. The average molecular weight is 360 g/mol. The van der Waals surface area contributed by atoms with Crippen LogP contribution in [0.1, 0.15) is 48.6 Å². The second-order valence-corrected chi connectivity index (χ2v) is 8.03. The summed E-state index contributed by atoms with van der Waals surface area (Å²) in [4.78, 5) is 15.5. The molecule has 138 valence electrons. The highest BCUT2D eigenvalue weighted by Crippen LogP contribution is 2.50. The van der Waals surface area contributed by atoms with E-state index in [2.05, 4.69) is 50.7 Å². The maximum absolute atomic E-state index is 13.5. The summed E-state index contributed by atoms with van der Waals surface area (Å²) in [5.41, 5.74) is 2.98. The first kappa shape index (κ1) is 16.5. The van der Waals surface area contributed by atoms with Crippen molar-refractivity contribution in [1.82, 2.24) is 19.5 Å². The van der Waals surface area contributed by atoms with Crippen molar-refractivity contribution in [2.24, 2.45) is 0 Å². The summed E-state index contributed by atoms with van der Waals surface area (Å²) in [5.74, 6) is 1.52. The molecule has 5 nitrogen and oxygen atoms in total. The van der Waals surface area contributed by atoms with Crippen LogP contribution in [0.2, 0.25) is 0 Å². The van der Waals surface area contributed by atoms with Gasteiger partial charge in [-0.3, -0.25) is 9.20 Å². The molecule has 1 amide bonds. The van der Waals surface area contributed by atoms with Gasteiger partial charge in [0.2, 0.25) is 5.91 Å². The van der Waals surface area contributed by atoms with Crippen molar-refractivity contribution >= 4 is 11.6 Å². The van der Waals surface area contributed by atoms with Crippen LogP contribution in [0.25, 0.3) is 5.65 Å². The SMILES string of the molecule is Cc1cccc(C2(C(=O)N3CCCC(c4nnc5ccccn45)C3)CC2)c1. The number of piperidine rings is 1. The third kappa shape index (κ3) is 2.73. The summed E-state index contributed by atoms with van der Waals surface area (Å²) < 4.78 is 2.06. The zero-order chi connectivity index (χ0) is 18.4. The molecule has 2 aromatic heterocycles. The number of nitrogens with zero attached hydrogens (tertiary/aromatic N) is 4. The molecule has 0 N–H and O–H groups in total. The van der Waals surface area contributed by atoms with Crippen LogP contribution >= 0.6 is 0 Å². The number of carbonyl (C=O) groups is 1. The Bertz CT molecular complexity index is 1000. The van der Waals surface area contributed by atoms with Gasteiger partial charge < -0.3 is 4.90 Å². The van der Waals surface area contributed by atoms with Crippen LogP contribution in [0, 0.1) is 6.92 Å². The zero-order valence-corrected chi connectivity index (χ0v) is 15.6. The molecule has 3 aromatic rings. The fourth-order valence-corrected chi connectivity index (χ4v) is 4.51. The van der Waals surface area contributed by atoms with Crippen molar-refractivity contribution in [1.29, 1.82) is 0 Å². The van der Waals surface area contributed by atoms with Gasteiger partial charge in [-0.15, -0.1) is 10.2 Å². The summed E-state index contributed by atoms with van der Waals surface area (Å²) in [7, 11) is 0. The molecule has 0 bridgehead atoms. The van der Waals surface area contributed by atoms with Crippen molar-refractivity contribution in [2.45, 2.75) is 43.9 Å². The molecule has 1 saturated heterocycles. The normalized spacial score (nSPS) is 21.4. The van der Waals surface area contributed by atoms with E-state index in [0.29, 0.717) is 5.91 Å². The Morgan fingerprint density at radius 1 is 1.15 bits per heavy atom. The molecule has 2 aliphatic rings. The third-order valence-electron chi connectivity index (χ3n) is 6.14. The summed E-state index contributed by atoms with van der Waals surface area (Å²) in [6.07, 6.45) is 6.01. The van der Waals surface area contributed by atoms with E-state index >= 15 is 0 Å². The van der Waals surface area contributed by atoms with Crippen molar-refractivity contribution in [2.75, 3.05) is 13.1 Å². The van der Waals surface area contributed by atoms with Crippen molar-refractivity contribution < 1.29 is 4.79 Å². The summed E-state index contributed by atoms with van der Waals surface area (Å²) >= 11 is 0. The number of rotatable bonds is 3. The van der Waals surface area contributed by atoms with E-state index in [-0.39, 0.29) is 11.3 Å². The van der Waals surface area contributed by atoms with Crippen LogP contribution < -0.4 is 0 Å². The first-order valence-corrected chi connectivity index (χ1v) is 9.84. The van der Waals surface area contributed by atoms with Crippen LogP contribution in [0.15, 0.2) is 48.7 Å². The largest absolute Gasteiger partial charge is 0.341 e. The fraction of sp³-hybridized carbons (Fsp3) is 0.409. The number of hydrogen-bond acceptors (Lipinski definition) is 3. The van der Waals surface area contributed by atoms with Gasteiger partial charge in [-0.05, 0) is 50.3 Å². The molecular weight excluding hydrogens is 336 g/mol. The van der Waals surface area contributed by atoms with Gasteiger partial charge in [0.05, 0.1) is 5.41 Å². The second-order valence-electron chi connectivity index (χ2n) is 8.03. The lowest BCUT2D eigenvalue weighted by Gasteiger charge is -2.34. The molecular formula is C22H24N4O. The molecule has 1 aliphatic carbocycles. The van der Waals surface area contributed by atoms with Gasteiger partial charge in [-0.1, -0.05) is 35.9 Å². The van der Waals surface area contributed by atoms with Crippen LogP contribution in [-0.2, 0) is 10.2 Å². The minimum Gasteiger partial charge on any atom is -0.341 e. The summed E-state index contributed by atoms with van der Waals surface area (Å²) in [6.45, 7) is 3.68. The molecule has 5 rings (SSSR count). The van der Waals surface area contributed by atoms with Crippen molar-refractivity contribution in [3.05, 3.63) is 65.6 Å². The highest BCUT2D eigenvalue weighted by molar-refractivity contribution is 5.91. The number of pyridine rings is 1. The van der Waals surface area contributed by atoms with Crippen LogP contribution in [0.5, 0.6) is 0 Å². The van der Waals surface area contributed by atoms with Gasteiger partial charge in [0.1, 0.15) is 5.82 Å². The Morgan fingerprint density at radius 3 is 2.85 bits per heavy atom. The van der Waals surface area contributed by atoms with Gasteiger partial charge >= 0.3 is 0 Å². The molecule has 3 heterocycles. The van der Waals surface area contributed by atoms with Crippen LogP contribution in [0.4, 0.5) is 0 Å². The predicted octanol–water partition coefficient (Wildman–Crippen LogP) is 3.48.